The van der Waals surface area contributed by atoms with Crippen LogP contribution in [0.2, 0.25) is 0 Å². The molecule has 0 aliphatic carbocycles. The second kappa shape index (κ2) is 9.99. The number of piperazine rings is 1. The third kappa shape index (κ3) is 7.83. The molecule has 88 valence electrons. The third-order valence-electron chi connectivity index (χ3n) is 2.07. The second-order valence-electron chi connectivity index (χ2n) is 3.51. The molecule has 1 aliphatic rings. The molecule has 14 heavy (non-hydrogen) atoms. The van der Waals surface area contributed by atoms with Crippen LogP contribution < -0.4 is 5.32 Å². The van der Waals surface area contributed by atoms with Crippen molar-refractivity contribution in [3.05, 3.63) is 0 Å². The van der Waals surface area contributed by atoms with E-state index < -0.39 is 0 Å². The maximum atomic E-state index is 5.48. The summed E-state index contributed by atoms with van der Waals surface area (Å²) < 4.78 is 5.48. The van der Waals surface area contributed by atoms with Gasteiger partial charge in [-0.3, -0.25) is 4.90 Å². The Morgan fingerprint density at radius 3 is 2.29 bits per heavy atom. The van der Waals surface area contributed by atoms with Gasteiger partial charge < -0.3 is 10.1 Å². The van der Waals surface area contributed by atoms with Gasteiger partial charge in [0.05, 0.1) is 12.7 Å². The lowest BCUT2D eigenvalue weighted by Gasteiger charge is -2.27. The van der Waals surface area contributed by atoms with E-state index in [1.54, 1.807) is 0 Å². The van der Waals surface area contributed by atoms with Gasteiger partial charge in [0.1, 0.15) is 0 Å². The molecule has 0 bridgehead atoms. The highest BCUT2D eigenvalue weighted by molar-refractivity contribution is 5.85. The number of ether oxygens (including phenoxy) is 1. The number of hydrogen-bond acceptors (Lipinski definition) is 3. The third-order valence-corrected chi connectivity index (χ3v) is 2.07. The lowest BCUT2D eigenvalue weighted by atomic mass is 10.3. The van der Waals surface area contributed by atoms with Crippen LogP contribution in [0.3, 0.4) is 0 Å². The first-order valence-electron chi connectivity index (χ1n) is 4.83. The maximum absolute atomic E-state index is 5.48. The highest BCUT2D eigenvalue weighted by Crippen LogP contribution is 1.93. The molecule has 0 unspecified atom stereocenters. The number of rotatable bonds is 4. The Morgan fingerprint density at radius 1 is 1.21 bits per heavy atom. The van der Waals surface area contributed by atoms with Crippen molar-refractivity contribution in [3.8, 4) is 0 Å². The Labute approximate surface area is 99.4 Å². The summed E-state index contributed by atoms with van der Waals surface area (Å²) in [4.78, 5) is 2.44. The fourth-order valence-electron chi connectivity index (χ4n) is 1.35. The summed E-state index contributed by atoms with van der Waals surface area (Å²) in [7, 11) is 0. The largest absolute Gasteiger partial charge is 0.377 e. The Bertz CT molecular complexity index is 119. The van der Waals surface area contributed by atoms with Crippen molar-refractivity contribution < 1.29 is 4.74 Å². The molecule has 0 saturated carbocycles. The van der Waals surface area contributed by atoms with Gasteiger partial charge >= 0.3 is 0 Å². The molecule has 5 heteroatoms. The smallest absolute Gasteiger partial charge is 0.0596 e. The van der Waals surface area contributed by atoms with Gasteiger partial charge in [-0.2, -0.15) is 0 Å². The monoisotopic (exact) mass is 244 g/mol. The molecule has 1 saturated heterocycles. The topological polar surface area (TPSA) is 24.5 Å². The molecule has 0 spiro atoms. The normalized spacial score (nSPS) is 17.4. The number of nitrogens with one attached hydrogen (secondary N) is 1. The van der Waals surface area contributed by atoms with E-state index >= 15 is 0 Å². The Kier molecular flexibility index (Phi) is 12.0. The number of halogens is 2. The molecule has 1 fully saturated rings. The van der Waals surface area contributed by atoms with Crippen LogP contribution in [0.15, 0.2) is 0 Å². The van der Waals surface area contributed by atoms with Gasteiger partial charge in [-0.25, -0.2) is 0 Å². The fraction of sp³-hybridized carbons (Fsp3) is 1.00. The zero-order valence-corrected chi connectivity index (χ0v) is 10.6. The van der Waals surface area contributed by atoms with Gasteiger partial charge in [0.2, 0.25) is 0 Å². The van der Waals surface area contributed by atoms with E-state index in [-0.39, 0.29) is 24.8 Å². The molecule has 0 aromatic carbocycles. The van der Waals surface area contributed by atoms with Crippen molar-refractivity contribution in [2.45, 2.75) is 20.0 Å². The first kappa shape index (κ1) is 16.9. The Hall–Kier alpha value is 0.460. The summed E-state index contributed by atoms with van der Waals surface area (Å²) in [5.41, 5.74) is 0. The Morgan fingerprint density at radius 2 is 1.79 bits per heavy atom. The van der Waals surface area contributed by atoms with Crippen LogP contribution in [0.1, 0.15) is 13.8 Å². The van der Waals surface area contributed by atoms with Crippen molar-refractivity contribution in [3.63, 3.8) is 0 Å². The van der Waals surface area contributed by atoms with Crippen LogP contribution in [0.4, 0.5) is 0 Å². The van der Waals surface area contributed by atoms with Crippen LogP contribution in [-0.4, -0.2) is 50.3 Å². The minimum Gasteiger partial charge on any atom is -0.377 e. The molecule has 0 atom stereocenters. The molecule has 1 N–H and O–H groups in total. The average Bonchev–Trinajstić information content (AvgIpc) is 2.05. The summed E-state index contributed by atoms with van der Waals surface area (Å²) in [5, 5.41) is 3.33. The zero-order chi connectivity index (χ0) is 8.81. The molecule has 1 aliphatic heterocycles. The van der Waals surface area contributed by atoms with Crippen LogP contribution >= 0.6 is 24.8 Å². The van der Waals surface area contributed by atoms with E-state index in [0.29, 0.717) is 6.10 Å². The number of nitrogens with zero attached hydrogens (tertiary/aromatic N) is 1. The van der Waals surface area contributed by atoms with E-state index in [4.69, 9.17) is 4.74 Å². The number of hydrogen-bond donors (Lipinski definition) is 1. The van der Waals surface area contributed by atoms with Crippen LogP contribution in [-0.2, 0) is 4.74 Å². The van der Waals surface area contributed by atoms with Gasteiger partial charge in [-0.15, -0.1) is 24.8 Å². The van der Waals surface area contributed by atoms with Crippen molar-refractivity contribution in [1.82, 2.24) is 10.2 Å². The van der Waals surface area contributed by atoms with Crippen LogP contribution in [0, 0.1) is 0 Å². The molecule has 0 radical (unpaired) electrons. The summed E-state index contributed by atoms with van der Waals surface area (Å²) in [6.07, 6.45) is 0.368. The molecular formula is C9H22Cl2N2O. The Balaban J connectivity index is 0. The predicted octanol–water partition coefficient (Wildman–Crippen LogP) is 1.16. The highest BCUT2D eigenvalue weighted by atomic mass is 35.5. The minimum atomic E-state index is 0. The predicted molar refractivity (Wildman–Crippen MR) is 64.9 cm³/mol. The fourth-order valence-corrected chi connectivity index (χ4v) is 1.35. The molecule has 1 rings (SSSR count). The van der Waals surface area contributed by atoms with Crippen molar-refractivity contribution in [1.29, 1.82) is 0 Å². The van der Waals surface area contributed by atoms with Gasteiger partial charge in [0, 0.05) is 32.7 Å². The standard InChI is InChI=1S/C9H20N2O.2ClH/c1-9(2)12-8-7-11-5-3-10-4-6-11;;/h9-10H,3-8H2,1-2H3;2*1H. The zero-order valence-electron chi connectivity index (χ0n) is 8.99. The van der Waals surface area contributed by atoms with Crippen LogP contribution in [0.5, 0.6) is 0 Å². The van der Waals surface area contributed by atoms with E-state index in [9.17, 15) is 0 Å². The minimum absolute atomic E-state index is 0. The van der Waals surface area contributed by atoms with Gasteiger partial charge in [-0.1, -0.05) is 0 Å². The van der Waals surface area contributed by atoms with Crippen molar-refractivity contribution in [2.24, 2.45) is 0 Å². The molecular weight excluding hydrogens is 223 g/mol. The molecule has 0 aromatic rings. The van der Waals surface area contributed by atoms with E-state index in [1.165, 1.54) is 13.1 Å². The van der Waals surface area contributed by atoms with E-state index in [0.717, 1.165) is 26.2 Å². The molecule has 3 nitrogen and oxygen atoms in total. The molecule has 1 heterocycles. The van der Waals surface area contributed by atoms with Crippen molar-refractivity contribution >= 4 is 24.8 Å². The molecule has 0 aromatic heterocycles. The highest BCUT2D eigenvalue weighted by Gasteiger charge is 2.08. The first-order chi connectivity index (χ1) is 5.79. The molecule has 0 amide bonds. The van der Waals surface area contributed by atoms with Crippen LogP contribution in [0.25, 0.3) is 0 Å². The quantitative estimate of drug-likeness (QED) is 0.804. The average molecular weight is 245 g/mol. The maximum Gasteiger partial charge on any atom is 0.0596 e. The summed E-state index contributed by atoms with van der Waals surface area (Å²) in [6, 6.07) is 0. The second-order valence-corrected chi connectivity index (χ2v) is 3.51. The lowest BCUT2D eigenvalue weighted by molar-refractivity contribution is 0.0566. The van der Waals surface area contributed by atoms with Crippen molar-refractivity contribution in [2.75, 3.05) is 39.3 Å². The summed E-state index contributed by atoms with van der Waals surface area (Å²) >= 11 is 0. The lowest BCUT2D eigenvalue weighted by Crippen LogP contribution is -2.44. The van der Waals surface area contributed by atoms with Gasteiger partial charge in [0.15, 0.2) is 0 Å². The summed E-state index contributed by atoms with van der Waals surface area (Å²) in [6.45, 7) is 10.7. The van der Waals surface area contributed by atoms with E-state index in [2.05, 4.69) is 24.1 Å². The van der Waals surface area contributed by atoms with Gasteiger partial charge in [0.25, 0.3) is 0 Å². The first-order valence-corrected chi connectivity index (χ1v) is 4.83. The SMILES string of the molecule is CC(C)OCCN1CCNCC1.Cl.Cl. The van der Waals surface area contributed by atoms with E-state index in [1.807, 2.05) is 0 Å². The summed E-state index contributed by atoms with van der Waals surface area (Å²) in [5.74, 6) is 0. The van der Waals surface area contributed by atoms with Gasteiger partial charge in [-0.05, 0) is 13.8 Å².